The highest BCUT2D eigenvalue weighted by atomic mass is 32.2. The number of benzene rings is 2. The Morgan fingerprint density at radius 3 is 2.41 bits per heavy atom. The summed E-state index contributed by atoms with van der Waals surface area (Å²) in [5.74, 6) is 0.369. The summed E-state index contributed by atoms with van der Waals surface area (Å²) in [6, 6.07) is 16.0. The Kier molecular flexibility index (Phi) is 5.08. The van der Waals surface area contributed by atoms with E-state index in [4.69, 9.17) is 0 Å². The number of sulfonamides is 1. The normalized spacial score (nSPS) is 12.7. The molecule has 2 rings (SSSR count). The fourth-order valence-electron chi connectivity index (χ4n) is 2.21. The first-order valence-corrected chi connectivity index (χ1v) is 9.11. The molecule has 0 saturated heterocycles. The van der Waals surface area contributed by atoms with Crippen molar-refractivity contribution in [2.75, 3.05) is 22.8 Å². The van der Waals surface area contributed by atoms with Crippen LogP contribution in [0.15, 0.2) is 48.5 Å². The van der Waals surface area contributed by atoms with Gasteiger partial charge in [0.25, 0.3) is 0 Å². The molecule has 0 aliphatic heterocycles. The number of hydrogen-bond donors (Lipinski definition) is 2. The van der Waals surface area contributed by atoms with Crippen molar-refractivity contribution in [3.05, 3.63) is 59.7 Å². The minimum Gasteiger partial charge on any atom is -0.384 e. The third-order valence-electron chi connectivity index (χ3n) is 3.51. The van der Waals surface area contributed by atoms with Crippen molar-refractivity contribution >= 4 is 21.4 Å². The van der Waals surface area contributed by atoms with Gasteiger partial charge in [0, 0.05) is 12.2 Å². The average Bonchev–Trinajstić information content (AvgIpc) is 2.47. The monoisotopic (exact) mass is 318 g/mol. The molecule has 0 spiro atoms. The van der Waals surface area contributed by atoms with E-state index in [9.17, 15) is 8.42 Å². The van der Waals surface area contributed by atoms with Gasteiger partial charge >= 0.3 is 0 Å². The number of hydrogen-bond acceptors (Lipinski definition) is 3. The summed E-state index contributed by atoms with van der Waals surface area (Å²) in [6.45, 7) is 4.82. The molecule has 0 aliphatic carbocycles. The maximum absolute atomic E-state index is 11.4. The summed E-state index contributed by atoms with van der Waals surface area (Å²) in [4.78, 5) is 0. The number of nitrogens with one attached hydrogen (secondary N) is 2. The van der Waals surface area contributed by atoms with Gasteiger partial charge < -0.3 is 5.32 Å². The Morgan fingerprint density at radius 2 is 1.77 bits per heavy atom. The highest BCUT2D eigenvalue weighted by Gasteiger charge is 2.08. The molecule has 1 unspecified atom stereocenters. The van der Waals surface area contributed by atoms with E-state index in [1.165, 1.54) is 5.56 Å². The van der Waals surface area contributed by atoms with E-state index in [-0.39, 0.29) is 0 Å². The average molecular weight is 318 g/mol. The van der Waals surface area contributed by atoms with Crippen LogP contribution in [0.1, 0.15) is 24.0 Å². The van der Waals surface area contributed by atoms with E-state index in [0.29, 0.717) is 11.6 Å². The topological polar surface area (TPSA) is 58.2 Å². The van der Waals surface area contributed by atoms with Gasteiger partial charge in [-0.15, -0.1) is 0 Å². The molecule has 0 amide bonds. The zero-order valence-corrected chi connectivity index (χ0v) is 13.9. The van der Waals surface area contributed by atoms with Crippen LogP contribution in [0.25, 0.3) is 0 Å². The minimum atomic E-state index is -3.27. The van der Waals surface area contributed by atoms with Crippen LogP contribution < -0.4 is 10.0 Å². The van der Waals surface area contributed by atoms with Crippen molar-refractivity contribution in [1.29, 1.82) is 0 Å². The molecule has 118 valence electrons. The van der Waals surface area contributed by atoms with Gasteiger partial charge in [-0.3, -0.25) is 4.72 Å². The number of anilines is 2. The van der Waals surface area contributed by atoms with Crippen LogP contribution in [0.3, 0.4) is 0 Å². The van der Waals surface area contributed by atoms with Crippen LogP contribution in [-0.4, -0.2) is 21.2 Å². The van der Waals surface area contributed by atoms with Crippen LogP contribution in [0.5, 0.6) is 0 Å². The summed E-state index contributed by atoms with van der Waals surface area (Å²) in [5.41, 5.74) is 3.68. The smallest absolute Gasteiger partial charge is 0.229 e. The molecule has 0 bridgehead atoms. The molecule has 2 aromatic rings. The van der Waals surface area contributed by atoms with E-state index >= 15 is 0 Å². The quantitative estimate of drug-likeness (QED) is 0.856. The molecular weight excluding hydrogens is 296 g/mol. The molecule has 0 aliphatic rings. The van der Waals surface area contributed by atoms with Crippen molar-refractivity contribution < 1.29 is 8.42 Å². The third kappa shape index (κ3) is 4.77. The summed E-state index contributed by atoms with van der Waals surface area (Å²) in [7, 11) is -3.27. The molecule has 0 saturated carbocycles. The molecule has 0 aromatic heterocycles. The summed E-state index contributed by atoms with van der Waals surface area (Å²) in [5, 5.41) is 3.36. The Morgan fingerprint density at radius 1 is 1.09 bits per heavy atom. The largest absolute Gasteiger partial charge is 0.384 e. The maximum atomic E-state index is 11.4. The fraction of sp³-hybridized carbons (Fsp3) is 0.294. The van der Waals surface area contributed by atoms with Gasteiger partial charge in [0.1, 0.15) is 0 Å². The summed E-state index contributed by atoms with van der Waals surface area (Å²) < 4.78 is 25.3. The summed E-state index contributed by atoms with van der Waals surface area (Å²) >= 11 is 0. The van der Waals surface area contributed by atoms with Crippen LogP contribution in [-0.2, 0) is 10.0 Å². The van der Waals surface area contributed by atoms with Gasteiger partial charge in [-0.2, -0.15) is 0 Å². The van der Waals surface area contributed by atoms with Crippen LogP contribution in [0.2, 0.25) is 0 Å². The van der Waals surface area contributed by atoms with Crippen molar-refractivity contribution in [2.45, 2.75) is 19.8 Å². The molecule has 22 heavy (non-hydrogen) atoms. The molecule has 0 heterocycles. The molecule has 1 atom stereocenters. The predicted octanol–water partition coefficient (Wildman–Crippen LogP) is 3.58. The van der Waals surface area contributed by atoms with E-state index < -0.39 is 10.0 Å². The van der Waals surface area contributed by atoms with Crippen LogP contribution >= 0.6 is 0 Å². The van der Waals surface area contributed by atoms with Crippen molar-refractivity contribution in [3.63, 3.8) is 0 Å². The molecular formula is C17H22N2O2S. The van der Waals surface area contributed by atoms with Gasteiger partial charge in [-0.1, -0.05) is 43.3 Å². The highest BCUT2D eigenvalue weighted by molar-refractivity contribution is 7.92. The van der Waals surface area contributed by atoms with E-state index in [2.05, 4.69) is 29.1 Å². The lowest BCUT2D eigenvalue weighted by Crippen LogP contribution is -2.12. The Hall–Kier alpha value is -2.01. The zero-order valence-electron chi connectivity index (χ0n) is 13.1. The Balaban J connectivity index is 2.06. The number of rotatable bonds is 6. The lowest BCUT2D eigenvalue weighted by atomic mass is 10.0. The first-order chi connectivity index (χ1) is 10.3. The second kappa shape index (κ2) is 6.83. The van der Waals surface area contributed by atoms with Crippen LogP contribution in [0.4, 0.5) is 11.4 Å². The van der Waals surface area contributed by atoms with E-state index in [1.54, 1.807) is 0 Å². The summed E-state index contributed by atoms with van der Waals surface area (Å²) in [6.07, 6.45) is 1.16. The van der Waals surface area contributed by atoms with Gasteiger partial charge in [0.2, 0.25) is 10.0 Å². The van der Waals surface area contributed by atoms with Gasteiger partial charge in [-0.25, -0.2) is 8.42 Å². The number of aryl methyl sites for hydroxylation is 1. The van der Waals surface area contributed by atoms with Crippen LogP contribution in [0, 0.1) is 6.92 Å². The molecule has 2 N–H and O–H groups in total. The van der Waals surface area contributed by atoms with E-state index in [0.717, 1.165) is 24.1 Å². The molecule has 4 nitrogen and oxygen atoms in total. The fourth-order valence-corrected chi connectivity index (χ4v) is 2.83. The first kappa shape index (κ1) is 16.4. The van der Waals surface area contributed by atoms with Gasteiger partial charge in [0.05, 0.1) is 11.9 Å². The van der Waals surface area contributed by atoms with Gasteiger partial charge in [-0.05, 0) is 36.1 Å². The molecule has 2 aromatic carbocycles. The lowest BCUT2D eigenvalue weighted by molar-refractivity contribution is 0.607. The third-order valence-corrected chi connectivity index (χ3v) is 4.10. The predicted molar refractivity (Wildman–Crippen MR) is 93.0 cm³/mol. The standard InChI is InChI=1S/C17H22N2O2S/c1-13-9-10-16(11-17(13)19-22(3,20)21)18-12-14(2)15-7-5-4-6-8-15/h4-11,14,18-19H,12H2,1-3H3. The Labute approximate surface area is 132 Å². The SMILES string of the molecule is Cc1ccc(NCC(C)c2ccccc2)cc1NS(C)(=O)=O. The van der Waals surface area contributed by atoms with Crippen molar-refractivity contribution in [2.24, 2.45) is 0 Å². The molecule has 0 radical (unpaired) electrons. The second-order valence-electron chi connectivity index (χ2n) is 5.60. The minimum absolute atomic E-state index is 0.369. The zero-order chi connectivity index (χ0) is 16.2. The second-order valence-corrected chi connectivity index (χ2v) is 7.35. The van der Waals surface area contributed by atoms with Crippen molar-refractivity contribution in [1.82, 2.24) is 0 Å². The lowest BCUT2D eigenvalue weighted by Gasteiger charge is -2.15. The van der Waals surface area contributed by atoms with Gasteiger partial charge in [0.15, 0.2) is 0 Å². The Bertz CT molecular complexity index is 728. The molecule has 5 heteroatoms. The van der Waals surface area contributed by atoms with E-state index in [1.807, 2.05) is 43.3 Å². The highest BCUT2D eigenvalue weighted by Crippen LogP contribution is 2.22. The van der Waals surface area contributed by atoms with Crippen molar-refractivity contribution in [3.8, 4) is 0 Å². The first-order valence-electron chi connectivity index (χ1n) is 7.22. The molecule has 0 fully saturated rings. The maximum Gasteiger partial charge on any atom is 0.229 e.